The molecule has 0 amide bonds. The number of ketones is 1. The van der Waals surface area contributed by atoms with Crippen molar-refractivity contribution in [2.45, 2.75) is 44.9 Å². The third-order valence-electron chi connectivity index (χ3n) is 6.34. The lowest BCUT2D eigenvalue weighted by atomic mass is 9.84. The van der Waals surface area contributed by atoms with Gasteiger partial charge in [0.05, 0.1) is 11.3 Å². The van der Waals surface area contributed by atoms with E-state index in [4.69, 9.17) is 4.52 Å². The van der Waals surface area contributed by atoms with Gasteiger partial charge in [-0.05, 0) is 56.2 Å². The minimum Gasteiger partial charge on any atom is -0.503 e. The van der Waals surface area contributed by atoms with Gasteiger partial charge in [0.15, 0.2) is 17.3 Å². The number of nitrogens with zero attached hydrogens (tertiary/aromatic N) is 3. The minimum absolute atomic E-state index is 0.0535. The molecule has 3 aromatic heterocycles. The quantitative estimate of drug-likeness (QED) is 0.394. The van der Waals surface area contributed by atoms with E-state index in [9.17, 15) is 15.0 Å². The number of hydrogen-bond donors (Lipinski definition) is 2. The van der Waals surface area contributed by atoms with E-state index in [-0.39, 0.29) is 28.9 Å². The van der Waals surface area contributed by atoms with Crippen LogP contribution in [0, 0.1) is 6.92 Å². The molecule has 33 heavy (non-hydrogen) atoms. The van der Waals surface area contributed by atoms with Crippen molar-refractivity contribution in [2.75, 3.05) is 0 Å². The number of aromatic hydroxyl groups is 2. The number of hydrogen-bond acceptors (Lipinski definition) is 6. The maximum Gasteiger partial charge on any atom is 0.240 e. The maximum absolute atomic E-state index is 13.4. The van der Waals surface area contributed by atoms with Crippen LogP contribution >= 0.6 is 0 Å². The van der Waals surface area contributed by atoms with Crippen molar-refractivity contribution in [3.05, 3.63) is 77.4 Å². The van der Waals surface area contributed by atoms with Crippen molar-refractivity contribution in [1.29, 1.82) is 0 Å². The Morgan fingerprint density at radius 1 is 1.09 bits per heavy atom. The molecule has 168 valence electrons. The van der Waals surface area contributed by atoms with Crippen molar-refractivity contribution in [3.8, 4) is 28.6 Å². The summed E-state index contributed by atoms with van der Waals surface area (Å²) in [6.07, 6.45) is 8.10. The predicted molar refractivity (Wildman–Crippen MR) is 123 cm³/mol. The Hall–Kier alpha value is -3.87. The Morgan fingerprint density at radius 2 is 1.85 bits per heavy atom. The van der Waals surface area contributed by atoms with Gasteiger partial charge in [0.2, 0.25) is 5.88 Å². The summed E-state index contributed by atoms with van der Waals surface area (Å²) in [6, 6.07) is 12.6. The Labute approximate surface area is 191 Å². The molecule has 0 aliphatic heterocycles. The van der Waals surface area contributed by atoms with Gasteiger partial charge in [-0.3, -0.25) is 14.3 Å². The van der Waals surface area contributed by atoms with Gasteiger partial charge in [-0.25, -0.2) is 0 Å². The number of benzene rings is 1. The molecule has 7 heteroatoms. The average Bonchev–Trinajstić information content (AvgIpc) is 3.41. The number of carbonyl (C=O) groups is 1. The minimum atomic E-state index is -0.389. The first-order valence-corrected chi connectivity index (χ1v) is 11.2. The standard InChI is InChI=1S/C26H25N3O4/c1-16-14-21(33-28-16)17-9-11-20(12-10-17)29-23(18-6-3-2-4-7-18)22(25(31)26(29)32)24(30)19-8-5-13-27-15-19/h5,8-15,18,31-32H,2-4,6-7H2,1H3. The number of aromatic nitrogens is 3. The lowest BCUT2D eigenvalue weighted by molar-refractivity contribution is 0.103. The predicted octanol–water partition coefficient (Wildman–Crippen LogP) is 5.53. The molecule has 0 saturated heterocycles. The van der Waals surface area contributed by atoms with Crippen LogP contribution in [0.2, 0.25) is 0 Å². The summed E-state index contributed by atoms with van der Waals surface area (Å²) in [4.78, 5) is 17.5. The first kappa shape index (κ1) is 21.0. The van der Waals surface area contributed by atoms with Gasteiger partial charge < -0.3 is 14.7 Å². The Bertz CT molecular complexity index is 1280. The molecular formula is C26H25N3O4. The SMILES string of the molecule is Cc1cc(-c2ccc(-n3c(O)c(O)c(C(=O)c4cccnc4)c3C3CCCCC3)cc2)on1. The second kappa shape index (κ2) is 8.58. The third-order valence-corrected chi connectivity index (χ3v) is 6.34. The van der Waals surface area contributed by atoms with Crippen LogP contribution in [0.3, 0.4) is 0 Å². The van der Waals surface area contributed by atoms with Gasteiger partial charge in [-0.2, -0.15) is 0 Å². The fraction of sp³-hybridized carbons (Fsp3) is 0.269. The molecular weight excluding hydrogens is 418 g/mol. The lowest BCUT2D eigenvalue weighted by Gasteiger charge is -2.24. The van der Waals surface area contributed by atoms with E-state index in [1.165, 1.54) is 6.20 Å². The second-order valence-electron chi connectivity index (χ2n) is 8.55. The van der Waals surface area contributed by atoms with Crippen LogP contribution in [0.4, 0.5) is 0 Å². The van der Waals surface area contributed by atoms with E-state index >= 15 is 0 Å². The molecule has 1 saturated carbocycles. The molecule has 2 N–H and O–H groups in total. The van der Waals surface area contributed by atoms with Crippen LogP contribution < -0.4 is 0 Å². The summed E-state index contributed by atoms with van der Waals surface area (Å²) in [5.74, 6) is -0.356. The summed E-state index contributed by atoms with van der Waals surface area (Å²) in [5.41, 5.74) is 3.48. The van der Waals surface area contributed by atoms with Crippen molar-refractivity contribution in [3.63, 3.8) is 0 Å². The molecule has 0 spiro atoms. The van der Waals surface area contributed by atoms with Crippen LogP contribution in [-0.2, 0) is 0 Å². The summed E-state index contributed by atoms with van der Waals surface area (Å²) >= 11 is 0. The summed E-state index contributed by atoms with van der Waals surface area (Å²) < 4.78 is 6.96. The van der Waals surface area contributed by atoms with Crippen molar-refractivity contribution >= 4 is 5.78 Å². The summed E-state index contributed by atoms with van der Waals surface area (Å²) in [5, 5.41) is 25.8. The van der Waals surface area contributed by atoms with E-state index in [1.54, 1.807) is 22.9 Å². The Morgan fingerprint density at radius 3 is 2.48 bits per heavy atom. The fourth-order valence-corrected chi connectivity index (χ4v) is 4.73. The fourth-order valence-electron chi connectivity index (χ4n) is 4.73. The van der Waals surface area contributed by atoms with Gasteiger partial charge in [0.1, 0.15) is 0 Å². The van der Waals surface area contributed by atoms with Crippen LogP contribution in [0.5, 0.6) is 11.6 Å². The molecule has 3 heterocycles. The molecule has 5 rings (SSSR count). The first-order valence-electron chi connectivity index (χ1n) is 11.2. The number of aryl methyl sites for hydroxylation is 1. The van der Waals surface area contributed by atoms with Crippen LogP contribution in [0.1, 0.15) is 65.3 Å². The molecule has 0 radical (unpaired) electrons. The molecule has 1 aliphatic carbocycles. The number of pyridine rings is 1. The number of carbonyl (C=O) groups excluding carboxylic acids is 1. The topological polar surface area (TPSA) is 101 Å². The van der Waals surface area contributed by atoms with E-state index in [1.807, 2.05) is 37.3 Å². The molecule has 1 aromatic carbocycles. The maximum atomic E-state index is 13.4. The molecule has 4 aromatic rings. The van der Waals surface area contributed by atoms with Crippen molar-refractivity contribution < 1.29 is 19.5 Å². The van der Waals surface area contributed by atoms with E-state index in [0.717, 1.165) is 43.4 Å². The molecule has 7 nitrogen and oxygen atoms in total. The van der Waals surface area contributed by atoms with E-state index in [2.05, 4.69) is 10.1 Å². The highest BCUT2D eigenvalue weighted by atomic mass is 16.5. The highest BCUT2D eigenvalue weighted by Crippen LogP contribution is 2.46. The van der Waals surface area contributed by atoms with Gasteiger partial charge in [0.25, 0.3) is 0 Å². The van der Waals surface area contributed by atoms with Crippen LogP contribution in [0.25, 0.3) is 17.0 Å². The van der Waals surface area contributed by atoms with Crippen LogP contribution in [-0.4, -0.2) is 30.7 Å². The molecule has 0 bridgehead atoms. The van der Waals surface area contributed by atoms with E-state index in [0.29, 0.717) is 22.7 Å². The van der Waals surface area contributed by atoms with Crippen molar-refractivity contribution in [1.82, 2.24) is 14.7 Å². The zero-order chi connectivity index (χ0) is 22.9. The monoisotopic (exact) mass is 443 g/mol. The average molecular weight is 444 g/mol. The highest BCUT2D eigenvalue weighted by molar-refractivity contribution is 6.12. The summed E-state index contributed by atoms with van der Waals surface area (Å²) in [7, 11) is 0. The first-order chi connectivity index (χ1) is 16.0. The number of rotatable bonds is 5. The highest BCUT2D eigenvalue weighted by Gasteiger charge is 2.33. The second-order valence-corrected chi connectivity index (χ2v) is 8.55. The Kier molecular flexibility index (Phi) is 5.46. The van der Waals surface area contributed by atoms with Gasteiger partial charge >= 0.3 is 0 Å². The Balaban J connectivity index is 1.64. The van der Waals surface area contributed by atoms with Gasteiger partial charge in [-0.1, -0.05) is 24.4 Å². The summed E-state index contributed by atoms with van der Waals surface area (Å²) in [6.45, 7) is 1.86. The normalized spacial score (nSPS) is 14.5. The van der Waals surface area contributed by atoms with Crippen molar-refractivity contribution in [2.24, 2.45) is 0 Å². The molecule has 1 fully saturated rings. The molecule has 1 aliphatic rings. The zero-order valence-corrected chi connectivity index (χ0v) is 18.4. The third kappa shape index (κ3) is 3.80. The molecule has 0 unspecified atom stereocenters. The van der Waals surface area contributed by atoms with Gasteiger partial charge in [0, 0.05) is 46.9 Å². The molecule has 0 atom stereocenters. The van der Waals surface area contributed by atoms with E-state index < -0.39 is 0 Å². The zero-order valence-electron chi connectivity index (χ0n) is 18.4. The van der Waals surface area contributed by atoms with Crippen LogP contribution in [0.15, 0.2) is 59.4 Å². The van der Waals surface area contributed by atoms with Gasteiger partial charge in [-0.15, -0.1) is 0 Å². The largest absolute Gasteiger partial charge is 0.503 e. The lowest BCUT2D eigenvalue weighted by Crippen LogP contribution is -2.14. The smallest absolute Gasteiger partial charge is 0.240 e.